The zero-order chi connectivity index (χ0) is 20.7. The Hall–Kier alpha value is -1.44. The number of hydrogen-bond acceptors (Lipinski definition) is 4. The van der Waals surface area contributed by atoms with Gasteiger partial charge >= 0.3 is 0 Å². The average molecular weight is 410 g/mol. The van der Waals surface area contributed by atoms with Crippen LogP contribution in [0.15, 0.2) is 29.2 Å². The lowest BCUT2D eigenvalue weighted by Crippen LogP contribution is -2.44. The van der Waals surface area contributed by atoms with E-state index in [9.17, 15) is 13.2 Å². The molecule has 1 unspecified atom stereocenters. The molecule has 0 aliphatic carbocycles. The minimum Gasteiger partial charge on any atom is -0.356 e. The molecule has 6 nitrogen and oxygen atoms in total. The smallest absolute Gasteiger partial charge is 0.243 e. The second-order valence-corrected chi connectivity index (χ2v) is 9.77. The third-order valence-corrected chi connectivity index (χ3v) is 7.49. The molecule has 1 heterocycles. The Morgan fingerprint density at radius 2 is 1.75 bits per heavy atom. The number of hydrogen-bond donors (Lipinski definition) is 1. The molecular weight excluding hydrogens is 374 g/mol. The van der Waals surface area contributed by atoms with E-state index in [0.717, 1.165) is 25.2 Å². The van der Waals surface area contributed by atoms with Gasteiger partial charge in [-0.15, -0.1) is 0 Å². The van der Waals surface area contributed by atoms with E-state index in [1.165, 1.54) is 4.31 Å². The van der Waals surface area contributed by atoms with Crippen LogP contribution in [0.2, 0.25) is 0 Å². The van der Waals surface area contributed by atoms with E-state index in [0.29, 0.717) is 43.3 Å². The summed E-state index contributed by atoms with van der Waals surface area (Å²) >= 11 is 0. The fourth-order valence-electron chi connectivity index (χ4n) is 3.62. The zero-order valence-electron chi connectivity index (χ0n) is 17.6. The summed E-state index contributed by atoms with van der Waals surface area (Å²) in [5.41, 5.74) is 1.03. The fraction of sp³-hybridized carbons (Fsp3) is 0.667. The van der Waals surface area contributed by atoms with Crippen LogP contribution in [-0.2, 0) is 14.8 Å². The van der Waals surface area contributed by atoms with E-state index in [4.69, 9.17) is 0 Å². The van der Waals surface area contributed by atoms with Gasteiger partial charge in [0, 0.05) is 32.1 Å². The highest BCUT2D eigenvalue weighted by Gasteiger charge is 2.32. The average Bonchev–Trinajstić information content (AvgIpc) is 2.70. The number of amides is 1. The molecule has 0 aromatic heterocycles. The molecule has 1 aliphatic rings. The molecule has 2 rings (SSSR count). The Morgan fingerprint density at radius 3 is 2.29 bits per heavy atom. The maximum Gasteiger partial charge on any atom is 0.243 e. The van der Waals surface area contributed by atoms with E-state index in [1.54, 1.807) is 12.1 Å². The van der Waals surface area contributed by atoms with E-state index >= 15 is 0 Å². The van der Waals surface area contributed by atoms with Crippen molar-refractivity contribution in [1.29, 1.82) is 0 Å². The number of carbonyl (C=O) groups is 1. The van der Waals surface area contributed by atoms with Crippen molar-refractivity contribution in [1.82, 2.24) is 14.5 Å². The van der Waals surface area contributed by atoms with Crippen molar-refractivity contribution in [2.45, 2.75) is 45.4 Å². The number of nitrogens with one attached hydrogen (secondary N) is 1. The van der Waals surface area contributed by atoms with Crippen LogP contribution < -0.4 is 5.32 Å². The molecule has 1 amide bonds. The van der Waals surface area contributed by atoms with Gasteiger partial charge in [-0.3, -0.25) is 4.79 Å². The van der Waals surface area contributed by atoms with Gasteiger partial charge in [-0.1, -0.05) is 38.5 Å². The van der Waals surface area contributed by atoms with Crippen molar-refractivity contribution in [3.05, 3.63) is 29.8 Å². The molecule has 1 fully saturated rings. The van der Waals surface area contributed by atoms with Crippen molar-refractivity contribution in [3.63, 3.8) is 0 Å². The second-order valence-electron chi connectivity index (χ2n) is 7.83. The summed E-state index contributed by atoms with van der Waals surface area (Å²) in [4.78, 5) is 15.2. The monoisotopic (exact) mass is 409 g/mol. The van der Waals surface area contributed by atoms with Gasteiger partial charge in [-0.05, 0) is 50.9 Å². The van der Waals surface area contributed by atoms with Crippen LogP contribution in [0.25, 0.3) is 0 Å². The molecule has 1 aliphatic heterocycles. The van der Waals surface area contributed by atoms with Gasteiger partial charge < -0.3 is 10.2 Å². The van der Waals surface area contributed by atoms with Crippen LogP contribution in [0.3, 0.4) is 0 Å². The highest BCUT2D eigenvalue weighted by atomic mass is 32.2. The summed E-state index contributed by atoms with van der Waals surface area (Å²) in [7, 11) is -3.48. The highest BCUT2D eigenvalue weighted by Crippen LogP contribution is 2.24. The first-order valence-electron chi connectivity index (χ1n) is 10.3. The fourth-order valence-corrected chi connectivity index (χ4v) is 5.09. The highest BCUT2D eigenvalue weighted by molar-refractivity contribution is 7.89. The van der Waals surface area contributed by atoms with E-state index in [1.807, 2.05) is 19.1 Å². The number of aryl methyl sites for hydroxylation is 1. The topological polar surface area (TPSA) is 69.7 Å². The van der Waals surface area contributed by atoms with Crippen LogP contribution in [0.4, 0.5) is 0 Å². The first kappa shape index (κ1) is 22.8. The molecule has 0 spiro atoms. The van der Waals surface area contributed by atoms with Crippen molar-refractivity contribution in [2.75, 3.05) is 39.3 Å². The van der Waals surface area contributed by atoms with Gasteiger partial charge in [-0.2, -0.15) is 4.31 Å². The molecule has 0 bridgehead atoms. The van der Waals surface area contributed by atoms with Crippen LogP contribution >= 0.6 is 0 Å². The van der Waals surface area contributed by atoms with Crippen LogP contribution in [0.5, 0.6) is 0 Å². The molecule has 7 heteroatoms. The lowest BCUT2D eigenvalue weighted by Gasteiger charge is -2.31. The van der Waals surface area contributed by atoms with Gasteiger partial charge in [0.15, 0.2) is 0 Å². The predicted molar refractivity (Wildman–Crippen MR) is 113 cm³/mol. The second kappa shape index (κ2) is 10.4. The summed E-state index contributed by atoms with van der Waals surface area (Å²) in [6.45, 7) is 12.8. The van der Waals surface area contributed by atoms with Crippen molar-refractivity contribution >= 4 is 15.9 Å². The number of carbonyl (C=O) groups excluding carboxylic acids is 1. The number of rotatable bonds is 9. The Balaban J connectivity index is 1.82. The Labute approximate surface area is 170 Å². The third kappa shape index (κ3) is 6.03. The van der Waals surface area contributed by atoms with Gasteiger partial charge in [0.2, 0.25) is 15.9 Å². The lowest BCUT2D eigenvalue weighted by molar-refractivity contribution is -0.126. The molecule has 1 aromatic rings. The lowest BCUT2D eigenvalue weighted by atomic mass is 9.97. The summed E-state index contributed by atoms with van der Waals surface area (Å²) in [5, 5.41) is 3.06. The standard InChI is InChI=1S/C21H35N3O3S/c1-5-23(6-2)16-18(4)15-22-21(25)19-11-13-24(14-12-19)28(26,27)20-9-7-17(3)8-10-20/h7-10,18-19H,5-6,11-16H2,1-4H3,(H,22,25). The molecular formula is C21H35N3O3S. The molecule has 1 atom stereocenters. The van der Waals surface area contributed by atoms with Crippen LogP contribution in [0.1, 0.15) is 39.2 Å². The van der Waals surface area contributed by atoms with Gasteiger partial charge in [0.25, 0.3) is 0 Å². The molecule has 1 N–H and O–H groups in total. The molecule has 0 saturated carbocycles. The van der Waals surface area contributed by atoms with Crippen molar-refractivity contribution < 1.29 is 13.2 Å². The van der Waals surface area contributed by atoms with E-state index in [2.05, 4.69) is 31.0 Å². The number of piperidine rings is 1. The number of sulfonamides is 1. The predicted octanol–water partition coefficient (Wildman–Crippen LogP) is 2.49. The summed E-state index contributed by atoms with van der Waals surface area (Å²) in [5.74, 6) is 0.342. The minimum atomic E-state index is -3.48. The number of benzene rings is 1. The molecule has 158 valence electrons. The SMILES string of the molecule is CCN(CC)CC(C)CNC(=O)C1CCN(S(=O)(=O)c2ccc(C)cc2)CC1. The third-order valence-electron chi connectivity index (χ3n) is 5.57. The first-order chi connectivity index (χ1) is 13.3. The largest absolute Gasteiger partial charge is 0.356 e. The van der Waals surface area contributed by atoms with E-state index in [-0.39, 0.29) is 11.8 Å². The van der Waals surface area contributed by atoms with Crippen LogP contribution in [-0.4, -0.2) is 62.8 Å². The normalized spacial score (nSPS) is 17.6. The Bertz CT molecular complexity index is 722. The van der Waals surface area contributed by atoms with Crippen molar-refractivity contribution in [2.24, 2.45) is 11.8 Å². The molecule has 28 heavy (non-hydrogen) atoms. The van der Waals surface area contributed by atoms with Crippen molar-refractivity contribution in [3.8, 4) is 0 Å². The zero-order valence-corrected chi connectivity index (χ0v) is 18.5. The first-order valence-corrected chi connectivity index (χ1v) is 11.8. The maximum absolute atomic E-state index is 12.8. The quantitative estimate of drug-likeness (QED) is 0.680. The molecule has 0 radical (unpaired) electrons. The Morgan fingerprint density at radius 1 is 1.18 bits per heavy atom. The Kier molecular flexibility index (Phi) is 8.46. The molecule has 1 saturated heterocycles. The van der Waals surface area contributed by atoms with Gasteiger partial charge in [-0.25, -0.2) is 8.42 Å². The minimum absolute atomic E-state index is 0.0544. The number of nitrogens with zero attached hydrogens (tertiary/aromatic N) is 2. The molecule has 1 aromatic carbocycles. The summed E-state index contributed by atoms with van der Waals surface area (Å²) < 4.78 is 27.0. The maximum atomic E-state index is 12.8. The van der Waals surface area contributed by atoms with Crippen LogP contribution in [0, 0.1) is 18.8 Å². The van der Waals surface area contributed by atoms with Gasteiger partial charge in [0.05, 0.1) is 4.90 Å². The summed E-state index contributed by atoms with van der Waals surface area (Å²) in [6, 6.07) is 6.93. The summed E-state index contributed by atoms with van der Waals surface area (Å²) in [6.07, 6.45) is 1.14. The van der Waals surface area contributed by atoms with E-state index < -0.39 is 10.0 Å². The van der Waals surface area contributed by atoms with Gasteiger partial charge in [0.1, 0.15) is 0 Å².